The van der Waals surface area contributed by atoms with E-state index in [9.17, 15) is 18.3 Å². The first-order valence-electron chi connectivity index (χ1n) is 6.59. The van der Waals surface area contributed by atoms with Gasteiger partial charge in [0.15, 0.2) is 5.56 Å². The van der Waals surface area contributed by atoms with Crippen LogP contribution in [0.25, 0.3) is 11.4 Å². The number of pyridine rings is 1. The molecule has 22 heavy (non-hydrogen) atoms. The number of rotatable bonds is 7. The zero-order valence-corrected chi connectivity index (χ0v) is 12.6. The van der Waals surface area contributed by atoms with E-state index in [-0.39, 0.29) is 22.7 Å². The summed E-state index contributed by atoms with van der Waals surface area (Å²) in [6.07, 6.45) is 2.63. The van der Waals surface area contributed by atoms with Crippen molar-refractivity contribution >= 4 is 21.9 Å². The SMILES string of the molecule is CCCCS(=O)(=O)Nc1onc(-c2ccccn2)c1C(=O)O. The van der Waals surface area contributed by atoms with Crippen molar-refractivity contribution in [3.63, 3.8) is 0 Å². The highest BCUT2D eigenvalue weighted by Gasteiger charge is 2.27. The number of carbonyl (C=O) groups is 1. The number of nitrogens with one attached hydrogen (secondary N) is 1. The maximum atomic E-state index is 11.9. The molecule has 0 unspecified atom stereocenters. The summed E-state index contributed by atoms with van der Waals surface area (Å²) in [7, 11) is -3.69. The monoisotopic (exact) mass is 325 g/mol. The van der Waals surface area contributed by atoms with E-state index in [0.717, 1.165) is 0 Å². The summed E-state index contributed by atoms with van der Waals surface area (Å²) in [5.74, 6) is -1.89. The Morgan fingerprint density at radius 1 is 1.41 bits per heavy atom. The fraction of sp³-hybridized carbons (Fsp3) is 0.308. The summed E-state index contributed by atoms with van der Waals surface area (Å²) < 4.78 is 30.7. The number of sulfonamides is 1. The molecule has 2 aromatic heterocycles. The van der Waals surface area contributed by atoms with Crippen LogP contribution in [0, 0.1) is 0 Å². The van der Waals surface area contributed by atoms with E-state index < -0.39 is 21.9 Å². The topological polar surface area (TPSA) is 122 Å². The minimum absolute atomic E-state index is 0.0266. The molecule has 0 fully saturated rings. The van der Waals surface area contributed by atoms with Crippen LogP contribution >= 0.6 is 0 Å². The lowest BCUT2D eigenvalue weighted by Crippen LogP contribution is -2.18. The third kappa shape index (κ3) is 3.61. The van der Waals surface area contributed by atoms with E-state index in [2.05, 4.69) is 14.9 Å². The van der Waals surface area contributed by atoms with E-state index in [1.54, 1.807) is 18.2 Å². The van der Waals surface area contributed by atoms with Gasteiger partial charge in [-0.15, -0.1) is 0 Å². The highest BCUT2D eigenvalue weighted by Crippen LogP contribution is 2.28. The van der Waals surface area contributed by atoms with Crippen LogP contribution < -0.4 is 4.72 Å². The van der Waals surface area contributed by atoms with Gasteiger partial charge in [-0.2, -0.15) is 0 Å². The number of anilines is 1. The van der Waals surface area contributed by atoms with Crippen LogP contribution in [-0.2, 0) is 10.0 Å². The molecule has 0 bridgehead atoms. The van der Waals surface area contributed by atoms with Gasteiger partial charge in [0.1, 0.15) is 5.69 Å². The van der Waals surface area contributed by atoms with Gasteiger partial charge in [-0.1, -0.05) is 24.6 Å². The minimum atomic E-state index is -3.69. The quantitative estimate of drug-likeness (QED) is 0.797. The zero-order chi connectivity index (χ0) is 16.2. The molecule has 2 rings (SSSR count). The Morgan fingerprint density at radius 3 is 2.77 bits per heavy atom. The van der Waals surface area contributed by atoms with Gasteiger partial charge in [-0.3, -0.25) is 9.71 Å². The summed E-state index contributed by atoms with van der Waals surface area (Å²) in [5, 5.41) is 12.9. The normalized spacial score (nSPS) is 11.3. The van der Waals surface area contributed by atoms with Gasteiger partial charge in [0, 0.05) is 6.20 Å². The van der Waals surface area contributed by atoms with Crippen LogP contribution in [0.4, 0.5) is 5.88 Å². The minimum Gasteiger partial charge on any atom is -0.477 e. The van der Waals surface area contributed by atoms with E-state index in [4.69, 9.17) is 4.52 Å². The van der Waals surface area contributed by atoms with Crippen LogP contribution in [-0.4, -0.2) is 35.4 Å². The molecular formula is C13H15N3O5S. The average Bonchev–Trinajstić information content (AvgIpc) is 2.89. The van der Waals surface area contributed by atoms with Gasteiger partial charge in [0.05, 0.1) is 11.4 Å². The lowest BCUT2D eigenvalue weighted by Gasteiger charge is -2.04. The predicted octanol–water partition coefficient (Wildman–Crippen LogP) is 1.98. The molecule has 0 saturated heterocycles. The molecule has 8 nitrogen and oxygen atoms in total. The molecule has 118 valence electrons. The number of unbranched alkanes of at least 4 members (excludes halogenated alkanes) is 1. The number of hydrogen-bond donors (Lipinski definition) is 2. The van der Waals surface area contributed by atoms with Crippen molar-refractivity contribution < 1.29 is 22.8 Å². The van der Waals surface area contributed by atoms with Crippen molar-refractivity contribution in [2.75, 3.05) is 10.5 Å². The molecule has 0 radical (unpaired) electrons. The highest BCUT2D eigenvalue weighted by molar-refractivity contribution is 7.92. The van der Waals surface area contributed by atoms with Crippen LogP contribution in [0.1, 0.15) is 30.1 Å². The van der Waals surface area contributed by atoms with Crippen molar-refractivity contribution in [2.45, 2.75) is 19.8 Å². The smallest absolute Gasteiger partial charge is 0.343 e. The molecule has 2 N–H and O–H groups in total. The Balaban J connectivity index is 2.38. The molecule has 0 saturated carbocycles. The van der Waals surface area contributed by atoms with Gasteiger partial charge >= 0.3 is 5.97 Å². The van der Waals surface area contributed by atoms with Crippen molar-refractivity contribution in [1.82, 2.24) is 10.1 Å². The first kappa shape index (κ1) is 16.0. The Morgan fingerprint density at radius 2 is 2.18 bits per heavy atom. The van der Waals surface area contributed by atoms with Gasteiger partial charge in [0.2, 0.25) is 10.0 Å². The summed E-state index contributed by atoms with van der Waals surface area (Å²) in [6.45, 7) is 1.85. The molecule has 0 spiro atoms. The zero-order valence-electron chi connectivity index (χ0n) is 11.8. The van der Waals surface area contributed by atoms with E-state index >= 15 is 0 Å². The molecular weight excluding hydrogens is 310 g/mol. The maximum absolute atomic E-state index is 11.9. The first-order valence-corrected chi connectivity index (χ1v) is 8.24. The second-order valence-electron chi connectivity index (χ2n) is 4.53. The van der Waals surface area contributed by atoms with E-state index in [0.29, 0.717) is 12.8 Å². The number of carboxylic acids is 1. The largest absolute Gasteiger partial charge is 0.477 e. The van der Waals surface area contributed by atoms with Gasteiger partial charge in [-0.05, 0) is 18.6 Å². The Labute approximate surface area is 127 Å². The third-order valence-corrected chi connectivity index (χ3v) is 4.15. The van der Waals surface area contributed by atoms with E-state index in [1.165, 1.54) is 6.20 Å². The average molecular weight is 325 g/mol. The standard InChI is InChI=1S/C13H15N3O5S/c1-2-3-8-22(19,20)16-12-10(13(17)18)11(15-21-12)9-6-4-5-7-14-9/h4-7,16H,2-3,8H2,1H3,(H,17,18). The number of aromatic nitrogens is 2. The molecule has 0 aromatic carbocycles. The predicted molar refractivity (Wildman–Crippen MR) is 79.0 cm³/mol. The first-order chi connectivity index (χ1) is 10.4. The molecule has 2 heterocycles. The molecule has 0 amide bonds. The number of nitrogens with zero attached hydrogens (tertiary/aromatic N) is 2. The van der Waals surface area contributed by atoms with Gasteiger partial charge in [-0.25, -0.2) is 13.2 Å². The second kappa shape index (κ2) is 6.56. The van der Waals surface area contributed by atoms with Crippen molar-refractivity contribution in [3.05, 3.63) is 30.0 Å². The summed E-state index contributed by atoms with van der Waals surface area (Å²) in [4.78, 5) is 15.4. The Bertz CT molecular complexity index is 755. The number of hydrogen-bond acceptors (Lipinski definition) is 6. The van der Waals surface area contributed by atoms with E-state index in [1.807, 2.05) is 6.92 Å². The summed E-state index contributed by atoms with van der Waals surface area (Å²) in [5.41, 5.74) is -0.109. The summed E-state index contributed by atoms with van der Waals surface area (Å²) in [6, 6.07) is 4.88. The second-order valence-corrected chi connectivity index (χ2v) is 6.37. The Hall–Kier alpha value is -2.42. The maximum Gasteiger partial charge on any atom is 0.343 e. The lowest BCUT2D eigenvalue weighted by molar-refractivity contribution is 0.0698. The fourth-order valence-electron chi connectivity index (χ4n) is 1.76. The van der Waals surface area contributed by atoms with Crippen molar-refractivity contribution in [3.8, 4) is 11.4 Å². The van der Waals surface area contributed by atoms with Crippen molar-refractivity contribution in [1.29, 1.82) is 0 Å². The Kier molecular flexibility index (Phi) is 4.76. The van der Waals surface area contributed by atoms with Crippen LogP contribution in [0.2, 0.25) is 0 Å². The van der Waals surface area contributed by atoms with Crippen LogP contribution in [0.5, 0.6) is 0 Å². The molecule has 0 aliphatic rings. The number of aromatic carboxylic acids is 1. The van der Waals surface area contributed by atoms with Gasteiger partial charge < -0.3 is 9.63 Å². The fourth-order valence-corrected chi connectivity index (χ4v) is 2.96. The highest BCUT2D eigenvalue weighted by atomic mass is 32.2. The summed E-state index contributed by atoms with van der Waals surface area (Å²) >= 11 is 0. The van der Waals surface area contributed by atoms with Crippen molar-refractivity contribution in [2.24, 2.45) is 0 Å². The molecule has 0 aliphatic carbocycles. The lowest BCUT2D eigenvalue weighted by atomic mass is 10.2. The molecule has 2 aromatic rings. The van der Waals surface area contributed by atoms with Crippen LogP contribution in [0.15, 0.2) is 28.9 Å². The number of carboxylic acid groups (broad SMARTS) is 1. The van der Waals surface area contributed by atoms with Gasteiger partial charge in [0.25, 0.3) is 5.88 Å². The van der Waals surface area contributed by atoms with Crippen LogP contribution in [0.3, 0.4) is 0 Å². The molecule has 0 aliphatic heterocycles. The third-order valence-electron chi connectivity index (χ3n) is 2.83. The molecule has 9 heteroatoms. The molecule has 0 atom stereocenters.